The number of ether oxygens (including phenoxy) is 6. The molecular formula is C19H27N3O11. The fourth-order valence-electron chi connectivity index (χ4n) is 3.11. The van der Waals surface area contributed by atoms with Gasteiger partial charge in [-0.3, -0.25) is 19.2 Å². The molecule has 1 saturated heterocycles. The Morgan fingerprint density at radius 1 is 0.970 bits per heavy atom. The Morgan fingerprint density at radius 2 is 1.58 bits per heavy atom. The highest BCUT2D eigenvalue weighted by Gasteiger charge is 2.52. The van der Waals surface area contributed by atoms with Gasteiger partial charge in [-0.05, 0) is 0 Å². The van der Waals surface area contributed by atoms with Crippen LogP contribution in [0.25, 0.3) is 0 Å². The van der Waals surface area contributed by atoms with Gasteiger partial charge in [0.15, 0.2) is 24.6 Å². The number of aliphatic hydroxyl groups excluding tert-OH is 1. The third-order valence-corrected chi connectivity index (χ3v) is 4.26. The van der Waals surface area contributed by atoms with Crippen LogP contribution in [0, 0.1) is 0 Å². The number of nitrogens with zero attached hydrogens (tertiary/aromatic N) is 3. The van der Waals surface area contributed by atoms with E-state index in [1.807, 2.05) is 0 Å². The van der Waals surface area contributed by atoms with Crippen molar-refractivity contribution in [3.8, 4) is 0 Å². The van der Waals surface area contributed by atoms with E-state index >= 15 is 0 Å². The summed E-state index contributed by atoms with van der Waals surface area (Å²) in [5.74, 6) is -2.82. The molecule has 0 unspecified atom stereocenters. The molecule has 0 spiro atoms. The monoisotopic (exact) mass is 473 g/mol. The Kier molecular flexibility index (Phi) is 9.69. The lowest BCUT2D eigenvalue weighted by atomic mass is 9.98. The van der Waals surface area contributed by atoms with Crippen LogP contribution in [0.1, 0.15) is 33.4 Å². The number of carbonyl (C=O) groups excluding carboxylic acids is 4. The Bertz CT molecular complexity index is 843. The molecule has 1 aromatic heterocycles. The number of esters is 4. The average Bonchev–Trinajstić information content (AvgIpc) is 3.15. The molecule has 0 aromatic carbocycles. The minimum atomic E-state index is -1.32. The predicted octanol–water partition coefficient (Wildman–Crippen LogP) is -1.13. The van der Waals surface area contributed by atoms with Gasteiger partial charge in [-0.1, -0.05) is 5.21 Å². The van der Waals surface area contributed by atoms with E-state index in [9.17, 15) is 19.2 Å². The molecular weight excluding hydrogens is 446 g/mol. The van der Waals surface area contributed by atoms with Gasteiger partial charge in [0.1, 0.15) is 18.4 Å². The molecule has 2 rings (SSSR count). The van der Waals surface area contributed by atoms with Crippen LogP contribution in [0.2, 0.25) is 0 Å². The largest absolute Gasteiger partial charge is 0.463 e. The van der Waals surface area contributed by atoms with Crippen LogP contribution >= 0.6 is 0 Å². The molecule has 184 valence electrons. The van der Waals surface area contributed by atoms with E-state index in [0.29, 0.717) is 5.69 Å². The predicted molar refractivity (Wildman–Crippen MR) is 104 cm³/mol. The second-order valence-corrected chi connectivity index (χ2v) is 7.08. The molecule has 0 radical (unpaired) electrons. The van der Waals surface area contributed by atoms with Crippen LogP contribution in [0.3, 0.4) is 0 Å². The third-order valence-electron chi connectivity index (χ3n) is 4.26. The molecule has 0 bridgehead atoms. The molecule has 1 aromatic rings. The molecule has 14 heteroatoms. The first kappa shape index (κ1) is 26.2. The van der Waals surface area contributed by atoms with Crippen molar-refractivity contribution in [2.45, 2.75) is 71.6 Å². The van der Waals surface area contributed by atoms with E-state index < -0.39 is 54.6 Å². The Hall–Kier alpha value is -3.10. The van der Waals surface area contributed by atoms with Crippen molar-refractivity contribution in [1.82, 2.24) is 15.0 Å². The Morgan fingerprint density at radius 3 is 2.15 bits per heavy atom. The average molecular weight is 473 g/mol. The molecule has 1 aliphatic rings. The van der Waals surface area contributed by atoms with Gasteiger partial charge in [0.25, 0.3) is 0 Å². The van der Waals surface area contributed by atoms with Crippen LogP contribution < -0.4 is 0 Å². The van der Waals surface area contributed by atoms with Gasteiger partial charge in [0.2, 0.25) is 0 Å². The maximum absolute atomic E-state index is 11.8. The molecule has 0 aliphatic carbocycles. The van der Waals surface area contributed by atoms with Crippen LogP contribution in [0.15, 0.2) is 6.20 Å². The van der Waals surface area contributed by atoms with Crippen molar-refractivity contribution in [2.75, 3.05) is 13.2 Å². The highest BCUT2D eigenvalue weighted by Crippen LogP contribution is 2.30. The lowest BCUT2D eigenvalue weighted by Gasteiger charge is -2.43. The first-order valence-electron chi connectivity index (χ1n) is 10.0. The SMILES string of the molecule is CC(=O)OC[C@H]1O[C@H](OCc2cn(CCO)nn2)[C@@H](OC(C)=O)[C@@H](OC(C)=O)[C@@H]1OC(C)=O. The van der Waals surface area contributed by atoms with Crippen LogP contribution in [0.5, 0.6) is 0 Å². The lowest BCUT2D eigenvalue weighted by molar-refractivity contribution is -0.310. The van der Waals surface area contributed by atoms with E-state index in [4.69, 9.17) is 33.5 Å². The van der Waals surface area contributed by atoms with Gasteiger partial charge < -0.3 is 33.5 Å². The van der Waals surface area contributed by atoms with Crippen molar-refractivity contribution in [1.29, 1.82) is 0 Å². The fraction of sp³-hybridized carbons (Fsp3) is 0.684. The van der Waals surface area contributed by atoms with Crippen molar-refractivity contribution in [3.05, 3.63) is 11.9 Å². The summed E-state index contributed by atoms with van der Waals surface area (Å²) in [6.07, 6.45) is -4.80. The van der Waals surface area contributed by atoms with Gasteiger partial charge in [-0.15, -0.1) is 5.10 Å². The summed E-state index contributed by atoms with van der Waals surface area (Å²) in [6.45, 7) is 4.15. The molecule has 1 fully saturated rings. The maximum Gasteiger partial charge on any atom is 0.303 e. The molecule has 0 saturated carbocycles. The number of hydrogen-bond acceptors (Lipinski definition) is 13. The van der Waals surface area contributed by atoms with Gasteiger partial charge in [-0.25, -0.2) is 4.68 Å². The zero-order valence-corrected chi connectivity index (χ0v) is 18.7. The van der Waals surface area contributed by atoms with Crippen molar-refractivity contribution in [2.24, 2.45) is 0 Å². The van der Waals surface area contributed by atoms with Crippen molar-refractivity contribution >= 4 is 23.9 Å². The molecule has 14 nitrogen and oxygen atoms in total. The van der Waals surface area contributed by atoms with Crippen LogP contribution in [-0.4, -0.2) is 87.9 Å². The number of aliphatic hydroxyl groups is 1. The highest BCUT2D eigenvalue weighted by molar-refractivity contribution is 5.68. The zero-order chi connectivity index (χ0) is 24.5. The summed E-state index contributed by atoms with van der Waals surface area (Å²) in [5, 5.41) is 16.7. The van der Waals surface area contributed by atoms with Gasteiger partial charge in [0, 0.05) is 27.7 Å². The highest BCUT2D eigenvalue weighted by atomic mass is 16.7. The van der Waals surface area contributed by atoms with E-state index in [1.165, 1.54) is 17.8 Å². The number of carbonyl (C=O) groups is 4. The van der Waals surface area contributed by atoms with Crippen LogP contribution in [-0.2, 0) is 60.8 Å². The Balaban J connectivity index is 2.32. The van der Waals surface area contributed by atoms with E-state index in [0.717, 1.165) is 20.8 Å². The zero-order valence-electron chi connectivity index (χ0n) is 18.7. The molecule has 1 N–H and O–H groups in total. The van der Waals surface area contributed by atoms with Gasteiger partial charge >= 0.3 is 23.9 Å². The van der Waals surface area contributed by atoms with E-state index in [-0.39, 0.29) is 26.4 Å². The summed E-state index contributed by atoms with van der Waals surface area (Å²) in [6, 6.07) is 0. The number of aromatic nitrogens is 3. The minimum absolute atomic E-state index is 0.136. The maximum atomic E-state index is 11.8. The molecule has 33 heavy (non-hydrogen) atoms. The number of hydrogen-bond donors (Lipinski definition) is 1. The lowest BCUT2D eigenvalue weighted by Crippen LogP contribution is -2.62. The fourth-order valence-corrected chi connectivity index (χ4v) is 3.11. The first-order chi connectivity index (χ1) is 15.6. The second-order valence-electron chi connectivity index (χ2n) is 7.08. The summed E-state index contributed by atoms with van der Waals surface area (Å²) < 4.78 is 33.8. The minimum Gasteiger partial charge on any atom is -0.463 e. The van der Waals surface area contributed by atoms with Gasteiger partial charge in [-0.2, -0.15) is 0 Å². The molecule has 1 aliphatic heterocycles. The van der Waals surface area contributed by atoms with Crippen molar-refractivity contribution in [3.63, 3.8) is 0 Å². The smallest absolute Gasteiger partial charge is 0.303 e. The normalized spacial score (nSPS) is 24.6. The Labute approximate surface area is 189 Å². The number of rotatable bonds is 10. The standard InChI is InChI=1S/C19H27N3O11/c1-10(24)28-9-15-16(30-11(2)25)17(31-12(3)26)18(32-13(4)27)19(33-15)29-8-14-7-22(5-6-23)21-20-14/h7,15-19,23H,5-6,8-9H2,1-4H3/t15-,16-,17+,18+,19+/m1/s1. The summed E-state index contributed by atoms with van der Waals surface area (Å²) in [4.78, 5) is 46.6. The summed E-state index contributed by atoms with van der Waals surface area (Å²) >= 11 is 0. The first-order valence-corrected chi connectivity index (χ1v) is 10.0. The van der Waals surface area contributed by atoms with Gasteiger partial charge in [0.05, 0.1) is 26.0 Å². The van der Waals surface area contributed by atoms with E-state index in [1.54, 1.807) is 0 Å². The molecule has 2 heterocycles. The molecule has 5 atom stereocenters. The molecule has 0 amide bonds. The quantitative estimate of drug-likeness (QED) is 0.319. The summed E-state index contributed by atoms with van der Waals surface area (Å²) in [7, 11) is 0. The summed E-state index contributed by atoms with van der Waals surface area (Å²) in [5.41, 5.74) is 0.372. The topological polar surface area (TPSA) is 175 Å². The van der Waals surface area contributed by atoms with E-state index in [2.05, 4.69) is 10.3 Å². The van der Waals surface area contributed by atoms with Crippen LogP contribution in [0.4, 0.5) is 0 Å². The third kappa shape index (κ3) is 8.07. The second kappa shape index (κ2) is 12.2. The van der Waals surface area contributed by atoms with Crippen molar-refractivity contribution < 1.29 is 52.7 Å².